The standard InChI is InChI=1S/C13H26O3/c1-11(2,3)10-6-12(4,8-14)16-13(5,7-10)9-15/h10,14-15H,6-9H2,1-5H3/t10-,12+,13-. The maximum Gasteiger partial charge on any atom is 0.0895 e. The Labute approximate surface area is 98.8 Å². The van der Waals surface area contributed by atoms with Crippen LogP contribution in [0.2, 0.25) is 0 Å². The molecular weight excluding hydrogens is 204 g/mol. The molecule has 2 N–H and O–H groups in total. The van der Waals surface area contributed by atoms with Crippen LogP contribution in [0.1, 0.15) is 47.5 Å². The molecule has 0 amide bonds. The number of hydrogen-bond acceptors (Lipinski definition) is 3. The molecule has 0 aromatic heterocycles. The molecule has 0 saturated carbocycles. The first-order valence-electron chi connectivity index (χ1n) is 6.06. The molecule has 96 valence electrons. The van der Waals surface area contributed by atoms with Gasteiger partial charge in [-0.2, -0.15) is 0 Å². The van der Waals surface area contributed by atoms with Gasteiger partial charge >= 0.3 is 0 Å². The molecule has 0 unspecified atom stereocenters. The van der Waals surface area contributed by atoms with E-state index in [-0.39, 0.29) is 18.6 Å². The van der Waals surface area contributed by atoms with Crippen LogP contribution in [0.3, 0.4) is 0 Å². The van der Waals surface area contributed by atoms with E-state index in [2.05, 4.69) is 20.8 Å². The van der Waals surface area contributed by atoms with Gasteiger partial charge in [-0.3, -0.25) is 0 Å². The molecule has 1 saturated heterocycles. The fraction of sp³-hybridized carbons (Fsp3) is 1.00. The van der Waals surface area contributed by atoms with Gasteiger partial charge in [0.2, 0.25) is 0 Å². The molecule has 1 rings (SSSR count). The molecule has 0 spiro atoms. The average Bonchev–Trinajstić information content (AvgIpc) is 2.15. The van der Waals surface area contributed by atoms with E-state index in [0.717, 1.165) is 12.8 Å². The van der Waals surface area contributed by atoms with Crippen LogP contribution in [0.4, 0.5) is 0 Å². The van der Waals surface area contributed by atoms with E-state index in [4.69, 9.17) is 4.74 Å². The summed E-state index contributed by atoms with van der Waals surface area (Å²) in [6.07, 6.45) is 1.70. The summed E-state index contributed by atoms with van der Waals surface area (Å²) in [5.74, 6) is 0.454. The van der Waals surface area contributed by atoms with Gasteiger partial charge in [0.1, 0.15) is 0 Å². The molecule has 1 aliphatic heterocycles. The number of aliphatic hydroxyl groups is 2. The van der Waals surface area contributed by atoms with Crippen molar-refractivity contribution in [1.29, 1.82) is 0 Å². The van der Waals surface area contributed by atoms with Crippen molar-refractivity contribution in [1.82, 2.24) is 0 Å². The zero-order valence-corrected chi connectivity index (χ0v) is 11.2. The molecule has 0 aliphatic carbocycles. The van der Waals surface area contributed by atoms with Crippen LogP contribution in [0.5, 0.6) is 0 Å². The third-order valence-corrected chi connectivity index (χ3v) is 3.74. The smallest absolute Gasteiger partial charge is 0.0895 e. The SMILES string of the molecule is CC(C)(C)[C@H]1C[C@](C)(CO)O[C@](C)(CO)C1. The summed E-state index contributed by atoms with van der Waals surface area (Å²) in [4.78, 5) is 0. The molecule has 1 heterocycles. The lowest BCUT2D eigenvalue weighted by molar-refractivity contribution is -0.226. The number of aliphatic hydroxyl groups excluding tert-OH is 2. The van der Waals surface area contributed by atoms with Gasteiger partial charge in [-0.1, -0.05) is 20.8 Å². The quantitative estimate of drug-likeness (QED) is 0.762. The molecule has 0 aromatic rings. The van der Waals surface area contributed by atoms with Crippen molar-refractivity contribution in [3.05, 3.63) is 0 Å². The van der Waals surface area contributed by atoms with Crippen molar-refractivity contribution in [2.24, 2.45) is 11.3 Å². The minimum absolute atomic E-state index is 0.00910. The molecule has 1 aliphatic rings. The fourth-order valence-corrected chi connectivity index (χ4v) is 2.60. The summed E-state index contributed by atoms with van der Waals surface area (Å²) in [5, 5.41) is 18.9. The second-order valence-electron chi connectivity index (χ2n) is 6.79. The van der Waals surface area contributed by atoms with Gasteiger partial charge in [-0.25, -0.2) is 0 Å². The second-order valence-corrected chi connectivity index (χ2v) is 6.79. The van der Waals surface area contributed by atoms with Crippen molar-refractivity contribution in [3.8, 4) is 0 Å². The Morgan fingerprint density at radius 3 is 1.69 bits per heavy atom. The summed E-state index contributed by atoms with van der Waals surface area (Å²) >= 11 is 0. The van der Waals surface area contributed by atoms with Crippen molar-refractivity contribution in [2.75, 3.05) is 13.2 Å². The largest absolute Gasteiger partial charge is 0.393 e. The molecular formula is C13H26O3. The third kappa shape index (κ3) is 2.96. The highest BCUT2D eigenvalue weighted by molar-refractivity contribution is 4.96. The van der Waals surface area contributed by atoms with Crippen LogP contribution < -0.4 is 0 Å². The van der Waals surface area contributed by atoms with E-state index in [1.165, 1.54) is 0 Å². The maximum atomic E-state index is 9.45. The van der Waals surface area contributed by atoms with Crippen molar-refractivity contribution in [3.63, 3.8) is 0 Å². The Hall–Kier alpha value is -0.120. The molecule has 0 bridgehead atoms. The van der Waals surface area contributed by atoms with E-state index >= 15 is 0 Å². The van der Waals surface area contributed by atoms with E-state index in [1.54, 1.807) is 0 Å². The summed E-state index contributed by atoms with van der Waals surface area (Å²) in [7, 11) is 0. The Kier molecular flexibility index (Phi) is 3.73. The molecule has 3 atom stereocenters. The number of ether oxygens (including phenoxy) is 1. The molecule has 1 fully saturated rings. The lowest BCUT2D eigenvalue weighted by atomic mass is 9.68. The Bertz CT molecular complexity index is 228. The number of rotatable bonds is 2. The predicted octanol–water partition coefficient (Wildman–Crippen LogP) is 1.96. The monoisotopic (exact) mass is 230 g/mol. The molecule has 0 radical (unpaired) electrons. The van der Waals surface area contributed by atoms with Gasteiger partial charge < -0.3 is 14.9 Å². The van der Waals surface area contributed by atoms with Gasteiger partial charge in [0.25, 0.3) is 0 Å². The number of hydrogen-bond donors (Lipinski definition) is 2. The minimum atomic E-state index is -0.520. The molecule has 16 heavy (non-hydrogen) atoms. The zero-order valence-electron chi connectivity index (χ0n) is 11.2. The van der Waals surface area contributed by atoms with Crippen molar-refractivity contribution < 1.29 is 14.9 Å². The van der Waals surface area contributed by atoms with E-state index in [9.17, 15) is 10.2 Å². The second kappa shape index (κ2) is 4.28. The van der Waals surface area contributed by atoms with Gasteiger partial charge in [0.15, 0.2) is 0 Å². The van der Waals surface area contributed by atoms with E-state index < -0.39 is 11.2 Å². The van der Waals surface area contributed by atoms with Crippen molar-refractivity contribution >= 4 is 0 Å². The lowest BCUT2D eigenvalue weighted by Crippen LogP contribution is -2.54. The third-order valence-electron chi connectivity index (χ3n) is 3.74. The van der Waals surface area contributed by atoms with Crippen LogP contribution in [0.15, 0.2) is 0 Å². The maximum absolute atomic E-state index is 9.45. The zero-order chi connectivity index (χ0) is 12.6. The van der Waals surface area contributed by atoms with E-state index in [1.807, 2.05) is 13.8 Å². The average molecular weight is 230 g/mol. The molecule has 3 nitrogen and oxygen atoms in total. The normalized spacial score (nSPS) is 41.1. The predicted molar refractivity (Wildman–Crippen MR) is 64.2 cm³/mol. The minimum Gasteiger partial charge on any atom is -0.393 e. The van der Waals surface area contributed by atoms with Crippen molar-refractivity contribution in [2.45, 2.75) is 58.7 Å². The fourth-order valence-electron chi connectivity index (χ4n) is 2.60. The highest BCUT2D eigenvalue weighted by atomic mass is 16.5. The highest BCUT2D eigenvalue weighted by Crippen LogP contribution is 2.45. The topological polar surface area (TPSA) is 49.7 Å². The van der Waals surface area contributed by atoms with E-state index in [0.29, 0.717) is 5.92 Å². The first-order chi connectivity index (χ1) is 7.14. The van der Waals surface area contributed by atoms with Gasteiger partial charge in [0.05, 0.1) is 24.4 Å². The Morgan fingerprint density at radius 2 is 1.44 bits per heavy atom. The van der Waals surface area contributed by atoms with Crippen LogP contribution in [0.25, 0.3) is 0 Å². The summed E-state index contributed by atoms with van der Waals surface area (Å²) < 4.78 is 5.89. The first-order valence-corrected chi connectivity index (χ1v) is 6.06. The van der Waals surface area contributed by atoms with Crippen LogP contribution in [-0.2, 0) is 4.74 Å². The van der Waals surface area contributed by atoms with Crippen LogP contribution in [0, 0.1) is 11.3 Å². The van der Waals surface area contributed by atoms with Gasteiger partial charge in [-0.15, -0.1) is 0 Å². The van der Waals surface area contributed by atoms with Gasteiger partial charge in [0, 0.05) is 0 Å². The van der Waals surface area contributed by atoms with Crippen LogP contribution in [-0.4, -0.2) is 34.6 Å². The Balaban J connectivity index is 2.92. The summed E-state index contributed by atoms with van der Waals surface area (Å²) in [5.41, 5.74) is -0.863. The molecule has 3 heteroatoms. The van der Waals surface area contributed by atoms with Gasteiger partial charge in [-0.05, 0) is 38.0 Å². The highest BCUT2D eigenvalue weighted by Gasteiger charge is 2.47. The lowest BCUT2D eigenvalue weighted by Gasteiger charge is -2.50. The summed E-state index contributed by atoms with van der Waals surface area (Å²) in [6, 6.07) is 0. The Morgan fingerprint density at radius 1 is 1.06 bits per heavy atom. The summed E-state index contributed by atoms with van der Waals surface area (Å²) in [6.45, 7) is 10.5. The first kappa shape index (κ1) is 13.9. The molecule has 0 aromatic carbocycles. The van der Waals surface area contributed by atoms with Crippen LogP contribution >= 0.6 is 0 Å².